The Bertz CT molecular complexity index is 444. The third-order valence-electron chi connectivity index (χ3n) is 4.70. The minimum absolute atomic E-state index is 0.0695. The van der Waals surface area contributed by atoms with Crippen LogP contribution < -0.4 is 0 Å². The van der Waals surface area contributed by atoms with Gasteiger partial charge in [0.2, 0.25) is 0 Å². The molecule has 2 saturated heterocycles. The van der Waals surface area contributed by atoms with Gasteiger partial charge in [-0.05, 0) is 79.4 Å². The van der Waals surface area contributed by atoms with E-state index in [1.165, 1.54) is 37.7 Å². The highest BCUT2D eigenvalue weighted by Gasteiger charge is 2.47. The molecule has 2 aliphatic rings. The van der Waals surface area contributed by atoms with Gasteiger partial charge in [0.15, 0.2) is 0 Å². The van der Waals surface area contributed by atoms with E-state index < -0.39 is 0 Å². The molecule has 0 saturated carbocycles. The first-order valence-electron chi connectivity index (χ1n) is 6.32. The summed E-state index contributed by atoms with van der Waals surface area (Å²) in [6.07, 6.45) is 6.23. The number of nitrogens with zero attached hydrogens (tertiary/aromatic N) is 1. The molecule has 17 heavy (non-hydrogen) atoms. The molecule has 2 bridgehead atoms. The van der Waals surface area contributed by atoms with Crippen LogP contribution in [0.2, 0.25) is 0 Å². The summed E-state index contributed by atoms with van der Waals surface area (Å²) < 4.78 is 14.5. The van der Waals surface area contributed by atoms with Crippen LogP contribution in [0.5, 0.6) is 0 Å². The maximum Gasteiger partial charge on any atom is 0.136 e. The summed E-state index contributed by atoms with van der Waals surface area (Å²) in [5.74, 6) is -0.0695. The van der Waals surface area contributed by atoms with E-state index >= 15 is 0 Å². The molecular weight excluding hydrogens is 328 g/mol. The largest absolute Gasteiger partial charge is 0.294 e. The summed E-state index contributed by atoms with van der Waals surface area (Å²) in [7, 11) is 2.21. The Hall–Kier alpha value is -0.160. The highest BCUT2D eigenvalue weighted by molar-refractivity contribution is 14.1. The van der Waals surface area contributed by atoms with Crippen LogP contribution in [0.25, 0.3) is 0 Å². The van der Waals surface area contributed by atoms with Crippen LogP contribution >= 0.6 is 22.6 Å². The summed E-state index contributed by atoms with van der Waals surface area (Å²) in [6, 6.07) is 6.50. The van der Waals surface area contributed by atoms with Gasteiger partial charge in [-0.1, -0.05) is 6.07 Å². The molecule has 0 unspecified atom stereocenters. The molecule has 3 rings (SSSR count). The predicted molar refractivity (Wildman–Crippen MR) is 75.4 cm³/mol. The Morgan fingerprint density at radius 3 is 2.94 bits per heavy atom. The molecule has 1 aromatic rings. The minimum Gasteiger partial charge on any atom is -0.294 e. The van der Waals surface area contributed by atoms with Crippen LogP contribution in [0.1, 0.15) is 37.7 Å². The quantitative estimate of drug-likeness (QED) is 0.698. The van der Waals surface area contributed by atoms with Gasteiger partial charge in [0.05, 0.1) is 0 Å². The van der Waals surface area contributed by atoms with Crippen LogP contribution in [0, 0.1) is 9.39 Å². The summed E-state index contributed by atoms with van der Waals surface area (Å²) >= 11 is 2.06. The molecule has 0 spiro atoms. The number of piperidine rings is 1. The maximum atomic E-state index is 13.8. The van der Waals surface area contributed by atoms with Crippen molar-refractivity contribution < 1.29 is 4.39 Å². The second-order valence-electron chi connectivity index (χ2n) is 5.36. The molecule has 0 N–H and O–H groups in total. The molecule has 0 aliphatic carbocycles. The first kappa shape index (κ1) is 11.9. The summed E-state index contributed by atoms with van der Waals surface area (Å²) in [6.45, 7) is 0. The molecule has 0 aromatic heterocycles. The molecule has 2 fully saturated rings. The molecule has 2 aliphatic heterocycles. The third kappa shape index (κ3) is 1.73. The highest BCUT2D eigenvalue weighted by atomic mass is 127. The number of hydrogen-bond acceptors (Lipinski definition) is 1. The average Bonchev–Trinajstić information content (AvgIpc) is 2.53. The smallest absolute Gasteiger partial charge is 0.136 e. The number of hydrogen-bond donors (Lipinski definition) is 0. The Kier molecular flexibility index (Phi) is 2.94. The van der Waals surface area contributed by atoms with Gasteiger partial charge in [-0.15, -0.1) is 0 Å². The Morgan fingerprint density at radius 2 is 2.18 bits per heavy atom. The maximum absolute atomic E-state index is 13.8. The molecule has 2 heterocycles. The van der Waals surface area contributed by atoms with Crippen molar-refractivity contribution in [3.63, 3.8) is 0 Å². The molecule has 2 atom stereocenters. The monoisotopic (exact) mass is 345 g/mol. The van der Waals surface area contributed by atoms with Crippen LogP contribution in [-0.4, -0.2) is 18.0 Å². The van der Waals surface area contributed by atoms with Gasteiger partial charge in [-0.25, -0.2) is 4.39 Å². The van der Waals surface area contributed by atoms with E-state index in [-0.39, 0.29) is 11.4 Å². The fourth-order valence-corrected chi connectivity index (χ4v) is 4.01. The lowest BCUT2D eigenvalue weighted by molar-refractivity contribution is 0.0802. The van der Waals surface area contributed by atoms with Gasteiger partial charge >= 0.3 is 0 Å². The highest BCUT2D eigenvalue weighted by Crippen LogP contribution is 2.49. The lowest BCUT2D eigenvalue weighted by atomic mass is 9.82. The van der Waals surface area contributed by atoms with E-state index in [9.17, 15) is 4.39 Å². The van der Waals surface area contributed by atoms with Gasteiger partial charge in [-0.2, -0.15) is 0 Å². The van der Waals surface area contributed by atoms with Crippen molar-refractivity contribution in [3.8, 4) is 0 Å². The zero-order valence-electron chi connectivity index (χ0n) is 10.0. The lowest BCUT2D eigenvalue weighted by Gasteiger charge is -2.43. The summed E-state index contributed by atoms with van der Waals surface area (Å²) in [5.41, 5.74) is 1.30. The molecule has 3 heteroatoms. The minimum atomic E-state index is -0.0695. The fraction of sp³-hybridized carbons (Fsp3) is 0.571. The second-order valence-corrected chi connectivity index (χ2v) is 6.52. The zero-order chi connectivity index (χ0) is 12.0. The average molecular weight is 345 g/mol. The van der Waals surface area contributed by atoms with Gasteiger partial charge in [0.25, 0.3) is 0 Å². The van der Waals surface area contributed by atoms with E-state index in [1.807, 2.05) is 6.07 Å². The molecule has 1 nitrogen and oxygen atoms in total. The molecule has 92 valence electrons. The number of benzene rings is 1. The normalized spacial score (nSPS) is 33.0. The first-order valence-corrected chi connectivity index (χ1v) is 7.40. The Morgan fingerprint density at radius 1 is 1.35 bits per heavy atom. The van der Waals surface area contributed by atoms with Gasteiger partial charge in [-0.3, -0.25) is 4.90 Å². The third-order valence-corrected chi connectivity index (χ3v) is 5.57. The van der Waals surface area contributed by atoms with E-state index in [1.54, 1.807) is 6.07 Å². The molecule has 0 radical (unpaired) electrons. The van der Waals surface area contributed by atoms with Gasteiger partial charge < -0.3 is 0 Å². The Balaban J connectivity index is 2.04. The SMILES string of the molecule is CN1[C@@H]2CCC[C@@]1(c1ccc(I)c(F)c1)CC2. The van der Waals surface area contributed by atoms with Crippen LogP contribution in [0.3, 0.4) is 0 Å². The van der Waals surface area contributed by atoms with Crippen molar-refractivity contribution in [1.29, 1.82) is 0 Å². The van der Waals surface area contributed by atoms with Crippen molar-refractivity contribution in [2.45, 2.75) is 43.7 Å². The standard InChI is InChI=1S/C14H17FIN/c1-17-11-3-2-7-14(17,8-6-11)10-4-5-13(16)12(15)9-10/h4-5,9,11H,2-3,6-8H2,1H3/t11-,14+/m1/s1. The molecule has 0 amide bonds. The number of halogens is 2. The Labute approximate surface area is 116 Å². The van der Waals surface area contributed by atoms with Crippen molar-refractivity contribution >= 4 is 22.6 Å². The number of fused-ring (bicyclic) bond motifs is 2. The first-order chi connectivity index (χ1) is 8.13. The van der Waals surface area contributed by atoms with Crippen LogP contribution in [0.15, 0.2) is 18.2 Å². The van der Waals surface area contributed by atoms with Crippen molar-refractivity contribution in [2.24, 2.45) is 0 Å². The van der Waals surface area contributed by atoms with Crippen molar-refractivity contribution in [2.75, 3.05) is 7.05 Å². The van der Waals surface area contributed by atoms with Crippen molar-refractivity contribution in [3.05, 3.63) is 33.1 Å². The van der Waals surface area contributed by atoms with E-state index in [2.05, 4.69) is 40.6 Å². The van der Waals surface area contributed by atoms with Gasteiger partial charge in [0, 0.05) is 15.2 Å². The molecular formula is C14H17FIN. The summed E-state index contributed by atoms with van der Waals surface area (Å²) in [4.78, 5) is 2.50. The topological polar surface area (TPSA) is 3.24 Å². The van der Waals surface area contributed by atoms with Gasteiger partial charge in [0.1, 0.15) is 5.82 Å². The lowest BCUT2D eigenvalue weighted by Crippen LogP contribution is -2.45. The van der Waals surface area contributed by atoms with E-state index in [0.29, 0.717) is 6.04 Å². The summed E-state index contributed by atoms with van der Waals surface area (Å²) in [5, 5.41) is 0. The second kappa shape index (κ2) is 4.19. The fourth-order valence-electron chi connectivity index (χ4n) is 3.67. The predicted octanol–water partition coefficient (Wildman–Crippen LogP) is 3.90. The van der Waals surface area contributed by atoms with Crippen LogP contribution in [-0.2, 0) is 5.54 Å². The van der Waals surface area contributed by atoms with Crippen LogP contribution in [0.4, 0.5) is 4.39 Å². The van der Waals surface area contributed by atoms with Crippen molar-refractivity contribution in [1.82, 2.24) is 4.90 Å². The van der Waals surface area contributed by atoms with E-state index in [4.69, 9.17) is 0 Å². The zero-order valence-corrected chi connectivity index (χ0v) is 12.2. The molecule has 1 aromatic carbocycles. The van der Waals surface area contributed by atoms with E-state index in [0.717, 1.165) is 3.57 Å². The number of rotatable bonds is 1.